The smallest absolute Gasteiger partial charge is 0.243 e. The Morgan fingerprint density at radius 1 is 0.745 bits per heavy atom. The van der Waals surface area contributed by atoms with E-state index in [1.165, 1.54) is 31.6 Å². The van der Waals surface area contributed by atoms with E-state index >= 15 is 0 Å². The molecule has 10 N–H and O–H groups in total. The van der Waals surface area contributed by atoms with Gasteiger partial charge in [0.2, 0.25) is 35.9 Å². The van der Waals surface area contributed by atoms with Gasteiger partial charge in [-0.25, -0.2) is 0 Å². The molecule has 296 valence electrons. The maximum absolute atomic E-state index is 12.9. The van der Waals surface area contributed by atoms with E-state index in [2.05, 4.69) is 67.6 Å². The lowest BCUT2D eigenvalue weighted by Gasteiger charge is -2.27. The first kappa shape index (κ1) is 42.0. The van der Waals surface area contributed by atoms with Crippen LogP contribution in [-0.4, -0.2) is 119 Å². The van der Waals surface area contributed by atoms with Gasteiger partial charge in [0, 0.05) is 42.6 Å². The number of hydrogen-bond donors (Lipinski definition) is 8. The number of H-pyrrole nitrogens is 2. The molecule has 2 aliphatic rings. The minimum atomic E-state index is -0.995. The first-order chi connectivity index (χ1) is 26.7. The fraction of sp³-hybridized carbons (Fsp3) is 0.436. The van der Waals surface area contributed by atoms with Crippen LogP contribution in [0.4, 0.5) is 0 Å². The van der Waals surface area contributed by atoms with Crippen molar-refractivity contribution in [2.45, 2.75) is 69.6 Å². The van der Waals surface area contributed by atoms with Crippen molar-refractivity contribution in [1.29, 1.82) is 0 Å². The summed E-state index contributed by atoms with van der Waals surface area (Å²) in [5, 5.41) is 12.9. The van der Waals surface area contributed by atoms with Crippen molar-refractivity contribution in [3.8, 4) is 0 Å². The molecule has 2 saturated heterocycles. The second kappa shape index (κ2) is 21.8. The quantitative estimate of drug-likeness (QED) is 0.0856. The zero-order valence-corrected chi connectivity index (χ0v) is 31.3. The third-order valence-electron chi connectivity index (χ3n) is 9.50. The summed E-state index contributed by atoms with van der Waals surface area (Å²) in [6.07, 6.45) is 7.31. The van der Waals surface area contributed by atoms with Crippen molar-refractivity contribution in [1.82, 2.24) is 41.0 Å². The third-order valence-corrected chi connectivity index (χ3v) is 9.50. The SMILES string of the molecule is C[C@H](CCN)NC(=O)[C@H]1CCCN1C(=O)CNC(=O)[C@H](CCN)NC(=O)[C@H]1CCCN1C(=O)CNC=O.c1ccc2[nH]ccc2c1.c1ccc2[nH]ccc2c1. The van der Waals surface area contributed by atoms with Crippen LogP contribution in [0.1, 0.15) is 45.4 Å². The molecule has 0 saturated carbocycles. The van der Waals surface area contributed by atoms with Crippen LogP contribution in [0.2, 0.25) is 0 Å². The van der Waals surface area contributed by atoms with E-state index in [4.69, 9.17) is 11.5 Å². The van der Waals surface area contributed by atoms with E-state index in [0.717, 1.165) is 0 Å². The number of nitrogens with two attached hydrogens (primary N) is 2. The molecule has 16 nitrogen and oxygen atoms in total. The molecule has 0 aliphatic carbocycles. The van der Waals surface area contributed by atoms with Crippen LogP contribution >= 0.6 is 0 Å². The van der Waals surface area contributed by atoms with Crippen LogP contribution in [0.15, 0.2) is 73.1 Å². The molecule has 0 spiro atoms. The number of carbonyl (C=O) groups is 6. The summed E-state index contributed by atoms with van der Waals surface area (Å²) in [4.78, 5) is 83.0. The predicted molar refractivity (Wildman–Crippen MR) is 210 cm³/mol. The van der Waals surface area contributed by atoms with E-state index in [9.17, 15) is 28.8 Å². The maximum Gasteiger partial charge on any atom is 0.243 e. The number of aromatic nitrogens is 2. The molecule has 16 heteroatoms. The standard InChI is InChI=1S/C23H40N8O6.2C8H7N/c1-15(6-8-24)28-22(36)17-4-2-11-31(17)20(34)13-27-21(35)16(7-9-25)29-23(37)18-5-3-10-30(18)19(33)12-26-14-32;2*1-2-4-8-7(3-1)5-6-9-8/h14-18H,2-13,24-25H2,1H3,(H,26,32)(H,27,35)(H,28,36)(H,29,37);2*1-6,9H/t15-,16+,17-,18-;;/m1../s1. The summed E-state index contributed by atoms with van der Waals surface area (Å²) in [5.41, 5.74) is 13.6. The van der Waals surface area contributed by atoms with Crippen molar-refractivity contribution in [3.05, 3.63) is 73.1 Å². The van der Waals surface area contributed by atoms with Crippen molar-refractivity contribution in [2.75, 3.05) is 39.3 Å². The van der Waals surface area contributed by atoms with Gasteiger partial charge in [-0.1, -0.05) is 36.4 Å². The Labute approximate surface area is 320 Å². The van der Waals surface area contributed by atoms with Gasteiger partial charge in [0.1, 0.15) is 18.1 Å². The Kier molecular flexibility index (Phi) is 16.7. The Morgan fingerprint density at radius 3 is 1.76 bits per heavy atom. The molecule has 4 atom stereocenters. The average molecular weight is 759 g/mol. The summed E-state index contributed by atoms with van der Waals surface area (Å²) >= 11 is 0. The summed E-state index contributed by atoms with van der Waals surface area (Å²) < 4.78 is 0. The molecular formula is C39H54N10O6. The molecule has 4 heterocycles. The minimum absolute atomic E-state index is 0.109. The molecule has 55 heavy (non-hydrogen) atoms. The Balaban J connectivity index is 0.000000295. The normalized spacial score (nSPS) is 17.2. The Morgan fingerprint density at radius 2 is 1.25 bits per heavy atom. The number of fused-ring (bicyclic) bond motifs is 2. The molecule has 2 aromatic heterocycles. The number of carbonyl (C=O) groups excluding carboxylic acids is 6. The first-order valence-corrected chi connectivity index (χ1v) is 18.8. The van der Waals surface area contributed by atoms with E-state index in [-0.39, 0.29) is 38.0 Å². The Hall–Kier alpha value is -5.74. The van der Waals surface area contributed by atoms with Gasteiger partial charge in [-0.2, -0.15) is 0 Å². The van der Waals surface area contributed by atoms with Crippen molar-refractivity contribution in [2.24, 2.45) is 11.5 Å². The van der Waals surface area contributed by atoms with Crippen molar-refractivity contribution >= 4 is 57.8 Å². The number of likely N-dealkylation sites (tertiary alicyclic amines) is 2. The van der Waals surface area contributed by atoms with E-state index < -0.39 is 41.8 Å². The number of para-hydroxylation sites is 2. The van der Waals surface area contributed by atoms with E-state index in [1.54, 1.807) is 0 Å². The van der Waals surface area contributed by atoms with Gasteiger partial charge in [0.25, 0.3) is 0 Å². The zero-order chi connectivity index (χ0) is 39.6. The molecule has 2 aliphatic heterocycles. The molecule has 6 amide bonds. The second-order valence-corrected chi connectivity index (χ2v) is 13.5. The lowest BCUT2D eigenvalue weighted by atomic mass is 10.1. The summed E-state index contributed by atoms with van der Waals surface area (Å²) in [6.45, 7) is 2.63. The lowest BCUT2D eigenvalue weighted by molar-refractivity contribution is -0.140. The first-order valence-electron chi connectivity index (χ1n) is 18.8. The van der Waals surface area contributed by atoms with Crippen molar-refractivity contribution in [3.63, 3.8) is 0 Å². The van der Waals surface area contributed by atoms with Crippen LogP contribution in [0, 0.1) is 0 Å². The highest BCUT2D eigenvalue weighted by molar-refractivity contribution is 5.95. The fourth-order valence-corrected chi connectivity index (χ4v) is 6.65. The van der Waals surface area contributed by atoms with Gasteiger partial charge in [-0.3, -0.25) is 28.8 Å². The van der Waals surface area contributed by atoms with Gasteiger partial charge < -0.3 is 52.5 Å². The van der Waals surface area contributed by atoms with E-state index in [0.29, 0.717) is 58.1 Å². The molecule has 4 aromatic rings. The molecule has 0 radical (unpaired) electrons. The summed E-state index contributed by atoms with van der Waals surface area (Å²) in [6, 6.07) is 18.1. The second-order valence-electron chi connectivity index (χ2n) is 13.5. The Bertz CT molecular complexity index is 1730. The zero-order valence-electron chi connectivity index (χ0n) is 31.3. The lowest BCUT2D eigenvalue weighted by Crippen LogP contribution is -2.55. The number of rotatable bonds is 14. The van der Waals surface area contributed by atoms with Gasteiger partial charge in [0.15, 0.2) is 0 Å². The summed E-state index contributed by atoms with van der Waals surface area (Å²) in [7, 11) is 0. The molecule has 0 unspecified atom stereocenters. The van der Waals surface area contributed by atoms with Gasteiger partial charge in [0.05, 0.1) is 13.1 Å². The topological polar surface area (TPSA) is 241 Å². The number of nitrogens with one attached hydrogen (secondary N) is 6. The van der Waals surface area contributed by atoms with Crippen LogP contribution in [-0.2, 0) is 28.8 Å². The maximum atomic E-state index is 12.9. The van der Waals surface area contributed by atoms with Crippen LogP contribution in [0.3, 0.4) is 0 Å². The number of benzene rings is 2. The molecule has 6 rings (SSSR count). The number of amides is 6. The predicted octanol–water partition coefficient (Wildman–Crippen LogP) is 0.854. The monoisotopic (exact) mass is 758 g/mol. The van der Waals surface area contributed by atoms with Crippen LogP contribution in [0.25, 0.3) is 21.8 Å². The molecule has 2 aromatic carbocycles. The molecule has 0 bridgehead atoms. The largest absolute Gasteiger partial charge is 0.361 e. The minimum Gasteiger partial charge on any atom is -0.361 e. The average Bonchev–Trinajstić information content (AvgIpc) is 4.03. The van der Waals surface area contributed by atoms with Crippen LogP contribution < -0.4 is 32.7 Å². The number of hydrogen-bond acceptors (Lipinski definition) is 8. The van der Waals surface area contributed by atoms with Crippen molar-refractivity contribution < 1.29 is 28.8 Å². The fourth-order valence-electron chi connectivity index (χ4n) is 6.65. The highest BCUT2D eigenvalue weighted by atomic mass is 16.2. The van der Waals surface area contributed by atoms with Gasteiger partial charge in [-0.15, -0.1) is 0 Å². The summed E-state index contributed by atoms with van der Waals surface area (Å²) in [5.74, 6) is -2.12. The third kappa shape index (κ3) is 12.4. The molecular weight excluding hydrogens is 704 g/mol. The van der Waals surface area contributed by atoms with E-state index in [1.807, 2.05) is 43.6 Å². The van der Waals surface area contributed by atoms with Gasteiger partial charge in [-0.05, 0) is 93.6 Å². The van der Waals surface area contributed by atoms with Gasteiger partial charge >= 0.3 is 0 Å². The number of nitrogens with zero attached hydrogens (tertiary/aromatic N) is 2. The highest BCUT2D eigenvalue weighted by Crippen LogP contribution is 2.19. The number of aromatic amines is 2. The molecule has 2 fully saturated rings. The van der Waals surface area contributed by atoms with Crippen LogP contribution in [0.5, 0.6) is 0 Å². The highest BCUT2D eigenvalue weighted by Gasteiger charge is 2.37.